The molecule has 0 saturated carbocycles. The first kappa shape index (κ1) is 12.9. The molecule has 1 amide bonds. The number of rotatable bonds is 4. The third-order valence-electron chi connectivity index (χ3n) is 3.36. The summed E-state index contributed by atoms with van der Waals surface area (Å²) in [6.45, 7) is 4.02. The topological polar surface area (TPSA) is 53.4 Å². The smallest absolute Gasteiger partial charge is 0.219 e. The SMILES string of the molecule is CC(=O)N1CC(NCc2cnc(N(C)C)n2C)C1. The molecule has 18 heavy (non-hydrogen) atoms. The summed E-state index contributed by atoms with van der Waals surface area (Å²) in [6, 6.07) is 0.409. The fourth-order valence-electron chi connectivity index (χ4n) is 2.13. The quantitative estimate of drug-likeness (QED) is 0.805. The molecule has 0 aliphatic carbocycles. The van der Waals surface area contributed by atoms with Crippen LogP contribution >= 0.6 is 0 Å². The van der Waals surface area contributed by atoms with Gasteiger partial charge in [-0.2, -0.15) is 0 Å². The first-order valence-electron chi connectivity index (χ1n) is 6.16. The number of likely N-dealkylation sites (tertiary alicyclic amines) is 1. The van der Waals surface area contributed by atoms with Gasteiger partial charge < -0.3 is 19.7 Å². The van der Waals surface area contributed by atoms with Gasteiger partial charge in [-0.05, 0) is 0 Å². The van der Waals surface area contributed by atoms with Crippen molar-refractivity contribution in [3.8, 4) is 0 Å². The predicted octanol–water partition coefficient (Wildman–Crippen LogP) is -0.194. The highest BCUT2D eigenvalue weighted by Crippen LogP contribution is 2.12. The van der Waals surface area contributed by atoms with Crippen LogP contribution in [0.2, 0.25) is 0 Å². The average Bonchev–Trinajstić information content (AvgIpc) is 2.57. The Labute approximate surface area is 108 Å². The average molecular weight is 251 g/mol. The maximum Gasteiger partial charge on any atom is 0.219 e. The molecule has 1 aromatic heterocycles. The molecule has 2 heterocycles. The van der Waals surface area contributed by atoms with Gasteiger partial charge in [-0.25, -0.2) is 4.98 Å². The zero-order valence-corrected chi connectivity index (χ0v) is 11.5. The van der Waals surface area contributed by atoms with Gasteiger partial charge in [0.25, 0.3) is 0 Å². The Balaban J connectivity index is 1.83. The monoisotopic (exact) mass is 251 g/mol. The Morgan fingerprint density at radius 1 is 1.56 bits per heavy atom. The van der Waals surface area contributed by atoms with Crippen LogP contribution in [0.15, 0.2) is 6.20 Å². The van der Waals surface area contributed by atoms with Crippen LogP contribution in [0.1, 0.15) is 12.6 Å². The van der Waals surface area contributed by atoms with Crippen LogP contribution in [0.5, 0.6) is 0 Å². The number of nitrogens with zero attached hydrogens (tertiary/aromatic N) is 4. The van der Waals surface area contributed by atoms with Crippen molar-refractivity contribution in [1.82, 2.24) is 19.8 Å². The zero-order valence-electron chi connectivity index (χ0n) is 11.5. The number of amides is 1. The molecule has 2 rings (SSSR count). The van der Waals surface area contributed by atoms with Gasteiger partial charge in [0.1, 0.15) is 0 Å². The van der Waals surface area contributed by atoms with Crippen molar-refractivity contribution in [3.05, 3.63) is 11.9 Å². The molecule has 0 atom stereocenters. The van der Waals surface area contributed by atoms with Crippen molar-refractivity contribution in [2.45, 2.75) is 19.5 Å². The molecule has 0 bridgehead atoms. The maximum atomic E-state index is 11.1. The number of aromatic nitrogens is 2. The third-order valence-corrected chi connectivity index (χ3v) is 3.36. The molecule has 1 aromatic rings. The number of carbonyl (C=O) groups is 1. The second-order valence-corrected chi connectivity index (χ2v) is 5.00. The van der Waals surface area contributed by atoms with Gasteiger partial charge in [-0.1, -0.05) is 0 Å². The second-order valence-electron chi connectivity index (χ2n) is 5.00. The van der Waals surface area contributed by atoms with E-state index in [1.54, 1.807) is 6.92 Å². The van der Waals surface area contributed by atoms with Crippen LogP contribution < -0.4 is 10.2 Å². The number of anilines is 1. The molecule has 0 unspecified atom stereocenters. The number of carbonyl (C=O) groups excluding carboxylic acids is 1. The lowest BCUT2D eigenvalue weighted by atomic mass is 10.1. The van der Waals surface area contributed by atoms with Gasteiger partial charge in [-0.15, -0.1) is 0 Å². The lowest BCUT2D eigenvalue weighted by Crippen LogP contribution is -2.59. The summed E-state index contributed by atoms with van der Waals surface area (Å²) in [5, 5.41) is 3.44. The summed E-state index contributed by atoms with van der Waals surface area (Å²) in [4.78, 5) is 19.3. The number of nitrogens with one attached hydrogen (secondary N) is 1. The van der Waals surface area contributed by atoms with Crippen molar-refractivity contribution < 1.29 is 4.79 Å². The molecule has 1 aliphatic rings. The summed E-state index contributed by atoms with van der Waals surface area (Å²) in [5.41, 5.74) is 1.15. The van der Waals surface area contributed by atoms with Gasteiger partial charge in [0, 0.05) is 53.7 Å². The van der Waals surface area contributed by atoms with E-state index < -0.39 is 0 Å². The highest BCUT2D eigenvalue weighted by Gasteiger charge is 2.27. The largest absolute Gasteiger partial charge is 0.348 e. The number of imidazole rings is 1. The fourth-order valence-corrected chi connectivity index (χ4v) is 2.13. The van der Waals surface area contributed by atoms with Crippen molar-refractivity contribution >= 4 is 11.9 Å². The molecule has 0 radical (unpaired) electrons. The lowest BCUT2D eigenvalue weighted by molar-refractivity contribution is -0.133. The van der Waals surface area contributed by atoms with Gasteiger partial charge in [0.15, 0.2) is 0 Å². The van der Waals surface area contributed by atoms with Crippen LogP contribution in [0, 0.1) is 0 Å². The molecule has 1 fully saturated rings. The fraction of sp³-hybridized carbons (Fsp3) is 0.667. The molecule has 1 saturated heterocycles. The Kier molecular flexibility index (Phi) is 3.56. The van der Waals surface area contributed by atoms with E-state index in [-0.39, 0.29) is 5.91 Å². The van der Waals surface area contributed by atoms with E-state index in [0.29, 0.717) is 6.04 Å². The van der Waals surface area contributed by atoms with E-state index in [4.69, 9.17) is 0 Å². The van der Waals surface area contributed by atoms with E-state index in [0.717, 1.165) is 31.3 Å². The van der Waals surface area contributed by atoms with Crippen molar-refractivity contribution in [2.24, 2.45) is 7.05 Å². The van der Waals surface area contributed by atoms with Gasteiger partial charge in [0.2, 0.25) is 11.9 Å². The molecule has 0 spiro atoms. The summed E-state index contributed by atoms with van der Waals surface area (Å²) >= 11 is 0. The van der Waals surface area contributed by atoms with Crippen LogP contribution in [0.4, 0.5) is 5.95 Å². The Hall–Kier alpha value is -1.56. The predicted molar refractivity (Wildman–Crippen MR) is 70.4 cm³/mol. The summed E-state index contributed by atoms with van der Waals surface area (Å²) in [6.07, 6.45) is 1.89. The Bertz CT molecular complexity index is 434. The molecular weight excluding hydrogens is 230 g/mol. The zero-order chi connectivity index (χ0) is 13.3. The molecule has 100 valence electrons. The minimum Gasteiger partial charge on any atom is -0.348 e. The van der Waals surface area contributed by atoms with Crippen LogP contribution in [-0.4, -0.2) is 53.6 Å². The van der Waals surface area contributed by atoms with E-state index in [2.05, 4.69) is 14.9 Å². The molecule has 1 N–H and O–H groups in total. The molecule has 6 nitrogen and oxygen atoms in total. The van der Waals surface area contributed by atoms with Crippen molar-refractivity contribution in [3.63, 3.8) is 0 Å². The van der Waals surface area contributed by atoms with E-state index >= 15 is 0 Å². The van der Waals surface area contributed by atoms with Gasteiger partial charge in [-0.3, -0.25) is 4.79 Å². The highest BCUT2D eigenvalue weighted by molar-refractivity contribution is 5.74. The summed E-state index contributed by atoms with van der Waals surface area (Å²) in [7, 11) is 5.98. The maximum absolute atomic E-state index is 11.1. The van der Waals surface area contributed by atoms with E-state index in [1.165, 1.54) is 0 Å². The Morgan fingerprint density at radius 3 is 2.72 bits per heavy atom. The summed E-state index contributed by atoms with van der Waals surface area (Å²) in [5.74, 6) is 1.11. The first-order valence-corrected chi connectivity index (χ1v) is 6.16. The van der Waals surface area contributed by atoms with Crippen LogP contribution in [0.25, 0.3) is 0 Å². The second kappa shape index (κ2) is 4.97. The van der Waals surface area contributed by atoms with Crippen LogP contribution in [0.3, 0.4) is 0 Å². The first-order chi connectivity index (χ1) is 8.49. The molecular formula is C12H21N5O. The van der Waals surface area contributed by atoms with Gasteiger partial charge >= 0.3 is 0 Å². The van der Waals surface area contributed by atoms with E-state index in [9.17, 15) is 4.79 Å². The minimum atomic E-state index is 0.156. The molecule has 6 heteroatoms. The van der Waals surface area contributed by atoms with Crippen LogP contribution in [-0.2, 0) is 18.4 Å². The van der Waals surface area contributed by atoms with Gasteiger partial charge in [0.05, 0.1) is 11.9 Å². The molecule has 0 aromatic carbocycles. The van der Waals surface area contributed by atoms with Crippen molar-refractivity contribution in [1.29, 1.82) is 0 Å². The minimum absolute atomic E-state index is 0.156. The van der Waals surface area contributed by atoms with E-state index in [1.807, 2.05) is 37.1 Å². The highest BCUT2D eigenvalue weighted by atomic mass is 16.2. The number of hydrogen-bond acceptors (Lipinski definition) is 4. The lowest BCUT2D eigenvalue weighted by Gasteiger charge is -2.39. The van der Waals surface area contributed by atoms with Crippen molar-refractivity contribution in [2.75, 3.05) is 32.1 Å². The summed E-state index contributed by atoms with van der Waals surface area (Å²) < 4.78 is 2.08. The molecule has 1 aliphatic heterocycles. The standard InChI is InChI=1S/C12H21N5O/c1-9(18)17-7-10(8-17)13-5-11-6-14-12(15(2)3)16(11)4/h6,10,13H,5,7-8H2,1-4H3. The Morgan fingerprint density at radius 2 is 2.22 bits per heavy atom. The normalized spacial score (nSPS) is 15.7. The number of hydrogen-bond donors (Lipinski definition) is 1. The third kappa shape index (κ3) is 2.48.